The van der Waals surface area contributed by atoms with E-state index in [9.17, 15) is 4.39 Å². The van der Waals surface area contributed by atoms with Gasteiger partial charge in [0, 0.05) is 23.1 Å². The maximum absolute atomic E-state index is 13.8. The van der Waals surface area contributed by atoms with Gasteiger partial charge in [-0.2, -0.15) is 5.10 Å². The van der Waals surface area contributed by atoms with Crippen LogP contribution in [0.3, 0.4) is 0 Å². The Morgan fingerprint density at radius 1 is 1.32 bits per heavy atom. The summed E-state index contributed by atoms with van der Waals surface area (Å²) in [5, 5.41) is 4.60. The van der Waals surface area contributed by atoms with Crippen molar-refractivity contribution < 1.29 is 4.39 Å². The van der Waals surface area contributed by atoms with Crippen LogP contribution in [-0.2, 0) is 5.54 Å². The third-order valence-corrected chi connectivity index (χ3v) is 4.73. The van der Waals surface area contributed by atoms with E-state index in [0.717, 1.165) is 21.4 Å². The molecule has 3 nitrogen and oxygen atoms in total. The highest BCUT2D eigenvalue weighted by Crippen LogP contribution is 2.41. The Balaban J connectivity index is 2.22. The maximum Gasteiger partial charge on any atom is 0.123 e. The zero-order chi connectivity index (χ0) is 16.1. The summed E-state index contributed by atoms with van der Waals surface area (Å²) < 4.78 is 16.7. The molecule has 0 N–H and O–H groups in total. The SMILES string of the molecule is CN(c1cnn(C(C)(C)C)c1-c1cc(F)ccc1Br)C1CC1. The molecule has 22 heavy (non-hydrogen) atoms. The minimum atomic E-state index is -0.236. The van der Waals surface area contributed by atoms with E-state index >= 15 is 0 Å². The predicted molar refractivity (Wildman–Crippen MR) is 91.7 cm³/mol. The van der Waals surface area contributed by atoms with Crippen molar-refractivity contribution in [2.24, 2.45) is 0 Å². The summed E-state index contributed by atoms with van der Waals surface area (Å²) >= 11 is 3.56. The van der Waals surface area contributed by atoms with Crippen molar-refractivity contribution in [2.45, 2.75) is 45.2 Å². The molecule has 1 aromatic carbocycles. The fourth-order valence-electron chi connectivity index (χ4n) is 2.70. The fourth-order valence-corrected chi connectivity index (χ4v) is 3.13. The van der Waals surface area contributed by atoms with Crippen LogP contribution < -0.4 is 4.90 Å². The minimum absolute atomic E-state index is 0.177. The third-order valence-electron chi connectivity index (χ3n) is 4.04. The molecule has 0 spiro atoms. The van der Waals surface area contributed by atoms with Gasteiger partial charge < -0.3 is 4.90 Å². The predicted octanol–water partition coefficient (Wildman–Crippen LogP) is 4.81. The molecule has 1 fully saturated rings. The Morgan fingerprint density at radius 3 is 2.59 bits per heavy atom. The van der Waals surface area contributed by atoms with E-state index in [4.69, 9.17) is 0 Å². The van der Waals surface area contributed by atoms with Crippen LogP contribution in [0.2, 0.25) is 0 Å². The number of hydrogen-bond acceptors (Lipinski definition) is 2. The first kappa shape index (κ1) is 15.5. The standard InChI is InChI=1S/C17H21BrFN3/c1-17(2,3)22-16(13-9-11(19)5-8-14(13)18)15(10-20-22)21(4)12-6-7-12/h5,8-10,12H,6-7H2,1-4H3. The van der Waals surface area contributed by atoms with Gasteiger partial charge in [0.15, 0.2) is 0 Å². The van der Waals surface area contributed by atoms with E-state index in [-0.39, 0.29) is 11.4 Å². The van der Waals surface area contributed by atoms with Crippen molar-refractivity contribution in [3.63, 3.8) is 0 Å². The summed E-state index contributed by atoms with van der Waals surface area (Å²) in [5.74, 6) is -0.236. The number of rotatable bonds is 3. The van der Waals surface area contributed by atoms with Crippen LogP contribution in [0.5, 0.6) is 0 Å². The first-order chi connectivity index (χ1) is 10.3. The summed E-state index contributed by atoms with van der Waals surface area (Å²) in [5.41, 5.74) is 2.69. The molecule has 118 valence electrons. The Hall–Kier alpha value is -1.36. The van der Waals surface area contributed by atoms with E-state index in [1.807, 2.05) is 10.9 Å². The van der Waals surface area contributed by atoms with Crippen LogP contribution in [0.1, 0.15) is 33.6 Å². The van der Waals surface area contributed by atoms with Gasteiger partial charge in [-0.15, -0.1) is 0 Å². The number of aromatic nitrogens is 2. The lowest BCUT2D eigenvalue weighted by Gasteiger charge is -2.26. The normalized spacial score (nSPS) is 15.2. The minimum Gasteiger partial charge on any atom is -0.369 e. The molecule has 1 aliphatic rings. The Labute approximate surface area is 139 Å². The highest BCUT2D eigenvalue weighted by atomic mass is 79.9. The molecule has 0 unspecified atom stereocenters. The molecule has 1 heterocycles. The van der Waals surface area contributed by atoms with Gasteiger partial charge >= 0.3 is 0 Å². The molecule has 2 aromatic rings. The van der Waals surface area contributed by atoms with Crippen LogP contribution in [0.4, 0.5) is 10.1 Å². The van der Waals surface area contributed by atoms with Crippen molar-refractivity contribution in [1.29, 1.82) is 0 Å². The second-order valence-corrected chi connectivity index (χ2v) is 7.78. The molecule has 0 bridgehead atoms. The zero-order valence-corrected chi connectivity index (χ0v) is 15.0. The van der Waals surface area contributed by atoms with Crippen LogP contribution >= 0.6 is 15.9 Å². The average molecular weight is 366 g/mol. The number of anilines is 1. The molecule has 0 aliphatic heterocycles. The van der Waals surface area contributed by atoms with Gasteiger partial charge in [0.2, 0.25) is 0 Å². The maximum atomic E-state index is 13.8. The van der Waals surface area contributed by atoms with Gasteiger partial charge in [0.1, 0.15) is 5.82 Å². The van der Waals surface area contributed by atoms with Gasteiger partial charge in [-0.1, -0.05) is 15.9 Å². The van der Waals surface area contributed by atoms with Crippen LogP contribution in [0.25, 0.3) is 11.3 Å². The lowest BCUT2D eigenvalue weighted by molar-refractivity contribution is 0.360. The lowest BCUT2D eigenvalue weighted by Crippen LogP contribution is -2.25. The van der Waals surface area contributed by atoms with Crippen LogP contribution in [0, 0.1) is 5.82 Å². The first-order valence-electron chi connectivity index (χ1n) is 7.56. The second kappa shape index (κ2) is 5.37. The molecular formula is C17H21BrFN3. The number of benzene rings is 1. The monoisotopic (exact) mass is 365 g/mol. The number of halogens is 2. The number of hydrogen-bond donors (Lipinski definition) is 0. The summed E-state index contributed by atoms with van der Waals surface area (Å²) in [4.78, 5) is 2.27. The van der Waals surface area contributed by atoms with E-state index in [1.54, 1.807) is 12.1 Å². The van der Waals surface area contributed by atoms with E-state index in [1.165, 1.54) is 18.9 Å². The molecule has 3 rings (SSSR count). The fraction of sp³-hybridized carbons (Fsp3) is 0.471. The van der Waals surface area contributed by atoms with Gasteiger partial charge in [-0.05, 0) is 51.8 Å². The van der Waals surface area contributed by atoms with Gasteiger partial charge in [0.05, 0.1) is 23.1 Å². The van der Waals surface area contributed by atoms with Crippen molar-refractivity contribution in [2.75, 3.05) is 11.9 Å². The molecule has 0 atom stereocenters. The van der Waals surface area contributed by atoms with E-state index in [0.29, 0.717) is 6.04 Å². The van der Waals surface area contributed by atoms with Gasteiger partial charge in [-0.25, -0.2) is 4.39 Å². The molecule has 1 aliphatic carbocycles. The zero-order valence-electron chi connectivity index (χ0n) is 13.4. The highest BCUT2D eigenvalue weighted by Gasteiger charge is 2.32. The number of nitrogens with zero attached hydrogens (tertiary/aromatic N) is 3. The van der Waals surface area contributed by atoms with Crippen molar-refractivity contribution >= 4 is 21.6 Å². The van der Waals surface area contributed by atoms with Crippen molar-refractivity contribution in [1.82, 2.24) is 9.78 Å². The van der Waals surface area contributed by atoms with Gasteiger partial charge in [0.25, 0.3) is 0 Å². The quantitative estimate of drug-likeness (QED) is 0.778. The van der Waals surface area contributed by atoms with E-state index < -0.39 is 0 Å². The topological polar surface area (TPSA) is 21.1 Å². The average Bonchev–Trinajstić information content (AvgIpc) is 3.18. The summed E-state index contributed by atoms with van der Waals surface area (Å²) in [6.07, 6.45) is 4.32. The molecule has 1 saturated carbocycles. The Bertz CT molecular complexity index is 698. The summed E-state index contributed by atoms with van der Waals surface area (Å²) in [7, 11) is 2.10. The Kier molecular flexibility index (Phi) is 3.79. The van der Waals surface area contributed by atoms with Crippen molar-refractivity contribution in [3.8, 4) is 11.3 Å². The largest absolute Gasteiger partial charge is 0.369 e. The Morgan fingerprint density at radius 2 is 2.00 bits per heavy atom. The second-order valence-electron chi connectivity index (χ2n) is 6.93. The summed E-state index contributed by atoms with van der Waals surface area (Å²) in [6.45, 7) is 6.33. The van der Waals surface area contributed by atoms with Crippen LogP contribution in [0.15, 0.2) is 28.9 Å². The smallest absolute Gasteiger partial charge is 0.123 e. The molecule has 0 amide bonds. The van der Waals surface area contributed by atoms with Crippen LogP contribution in [-0.4, -0.2) is 22.9 Å². The molecule has 0 radical (unpaired) electrons. The van der Waals surface area contributed by atoms with E-state index in [2.05, 4.69) is 53.7 Å². The molecule has 1 aromatic heterocycles. The third kappa shape index (κ3) is 2.78. The summed E-state index contributed by atoms with van der Waals surface area (Å²) in [6, 6.07) is 5.37. The lowest BCUT2D eigenvalue weighted by atomic mass is 10.1. The highest BCUT2D eigenvalue weighted by molar-refractivity contribution is 9.10. The first-order valence-corrected chi connectivity index (χ1v) is 8.35. The molecular weight excluding hydrogens is 345 g/mol. The van der Waals surface area contributed by atoms with Gasteiger partial charge in [-0.3, -0.25) is 4.68 Å². The molecule has 0 saturated heterocycles. The van der Waals surface area contributed by atoms with Crippen molar-refractivity contribution in [3.05, 3.63) is 34.7 Å². The molecule has 5 heteroatoms.